The van der Waals surface area contributed by atoms with E-state index in [9.17, 15) is 9.59 Å². The van der Waals surface area contributed by atoms with E-state index in [4.69, 9.17) is 4.74 Å². The second kappa shape index (κ2) is 8.22. The molecule has 1 N–H and O–H groups in total. The van der Waals surface area contributed by atoms with Crippen molar-refractivity contribution >= 4 is 39.7 Å². The molecule has 8 heteroatoms. The van der Waals surface area contributed by atoms with Gasteiger partial charge in [-0.25, -0.2) is 9.78 Å². The fourth-order valence-corrected chi connectivity index (χ4v) is 4.80. The van der Waals surface area contributed by atoms with Crippen molar-refractivity contribution in [3.8, 4) is 0 Å². The number of rotatable bonds is 5. The number of nitrogens with one attached hydrogen (secondary N) is 1. The summed E-state index contributed by atoms with van der Waals surface area (Å²) in [6, 6.07) is 9.31. The Kier molecular flexibility index (Phi) is 5.52. The zero-order chi connectivity index (χ0) is 19.5. The summed E-state index contributed by atoms with van der Waals surface area (Å²) in [5.74, 6) is -0.439. The molecule has 6 nitrogen and oxygen atoms in total. The van der Waals surface area contributed by atoms with Crippen LogP contribution in [-0.2, 0) is 24.2 Å². The molecule has 0 saturated heterocycles. The van der Waals surface area contributed by atoms with E-state index in [0.717, 1.165) is 37.3 Å². The van der Waals surface area contributed by atoms with Gasteiger partial charge in [-0.3, -0.25) is 15.0 Å². The summed E-state index contributed by atoms with van der Waals surface area (Å²) < 4.78 is 4.73. The Morgan fingerprint density at radius 1 is 1.21 bits per heavy atom. The van der Waals surface area contributed by atoms with Gasteiger partial charge in [0.15, 0.2) is 5.13 Å². The number of benzene rings is 1. The SMILES string of the molecule is COC(=O)c1ccc(CN2CCc3nc(NC(=O)c4ccsc4)sc3C2)cc1. The number of carbonyl (C=O) groups is 2. The topological polar surface area (TPSA) is 71.5 Å². The molecule has 1 amide bonds. The Morgan fingerprint density at radius 3 is 2.75 bits per heavy atom. The quantitative estimate of drug-likeness (QED) is 0.644. The number of hydrogen-bond donors (Lipinski definition) is 1. The summed E-state index contributed by atoms with van der Waals surface area (Å²) in [6.45, 7) is 2.52. The lowest BCUT2D eigenvalue weighted by Gasteiger charge is -2.25. The van der Waals surface area contributed by atoms with Crippen molar-refractivity contribution in [2.75, 3.05) is 19.0 Å². The minimum atomic E-state index is -0.323. The van der Waals surface area contributed by atoms with Gasteiger partial charge in [0, 0.05) is 36.3 Å². The highest BCUT2D eigenvalue weighted by Gasteiger charge is 2.22. The average Bonchev–Trinajstić information content (AvgIpc) is 3.37. The third-order valence-corrected chi connectivity index (χ3v) is 6.28. The number of hydrogen-bond acceptors (Lipinski definition) is 7. The number of ether oxygens (including phenoxy) is 1. The average molecular weight is 414 g/mol. The van der Waals surface area contributed by atoms with E-state index in [1.165, 1.54) is 23.3 Å². The minimum absolute atomic E-state index is 0.116. The van der Waals surface area contributed by atoms with E-state index >= 15 is 0 Å². The zero-order valence-corrected chi connectivity index (χ0v) is 16.9. The summed E-state index contributed by atoms with van der Waals surface area (Å²) in [7, 11) is 1.38. The molecule has 4 rings (SSSR count). The number of aromatic nitrogens is 1. The van der Waals surface area contributed by atoms with E-state index in [2.05, 4.69) is 15.2 Å². The van der Waals surface area contributed by atoms with Gasteiger partial charge < -0.3 is 4.74 Å². The molecule has 0 saturated carbocycles. The lowest BCUT2D eigenvalue weighted by atomic mass is 10.1. The predicted octanol–water partition coefficient (Wildman–Crippen LogP) is 3.80. The summed E-state index contributed by atoms with van der Waals surface area (Å²) in [4.78, 5) is 31.9. The van der Waals surface area contributed by atoms with Crippen molar-refractivity contribution in [1.29, 1.82) is 0 Å². The number of thiazole rings is 1. The van der Waals surface area contributed by atoms with Crippen molar-refractivity contribution < 1.29 is 14.3 Å². The first-order valence-corrected chi connectivity index (χ1v) is 10.6. The maximum absolute atomic E-state index is 12.2. The molecule has 0 fully saturated rings. The van der Waals surface area contributed by atoms with Crippen LogP contribution in [0.1, 0.15) is 36.9 Å². The van der Waals surface area contributed by atoms with Gasteiger partial charge in [0.2, 0.25) is 0 Å². The van der Waals surface area contributed by atoms with Crippen molar-refractivity contribution in [3.63, 3.8) is 0 Å². The van der Waals surface area contributed by atoms with Crippen molar-refractivity contribution in [2.45, 2.75) is 19.5 Å². The van der Waals surface area contributed by atoms with E-state index in [0.29, 0.717) is 16.3 Å². The normalized spacial score (nSPS) is 13.8. The van der Waals surface area contributed by atoms with Crippen LogP contribution in [0.3, 0.4) is 0 Å². The minimum Gasteiger partial charge on any atom is -0.465 e. The van der Waals surface area contributed by atoms with Gasteiger partial charge in [-0.2, -0.15) is 11.3 Å². The van der Waals surface area contributed by atoms with E-state index in [1.54, 1.807) is 29.5 Å². The standard InChI is InChI=1S/C20H19N3O3S2/c1-26-19(25)14-4-2-13(3-5-14)10-23-8-6-16-17(11-23)28-20(21-16)22-18(24)15-7-9-27-12-15/h2-5,7,9,12H,6,8,10-11H2,1H3,(H,21,22,24). The third kappa shape index (κ3) is 4.14. The van der Waals surface area contributed by atoms with Gasteiger partial charge in [0.1, 0.15) is 0 Å². The lowest BCUT2D eigenvalue weighted by Crippen LogP contribution is -2.29. The Bertz CT molecular complexity index is 981. The molecule has 1 aliphatic rings. The number of fused-ring (bicyclic) bond motifs is 1. The molecule has 1 aromatic carbocycles. The summed E-state index contributed by atoms with van der Waals surface area (Å²) in [5.41, 5.74) is 3.44. The lowest BCUT2D eigenvalue weighted by molar-refractivity contribution is 0.0600. The smallest absolute Gasteiger partial charge is 0.337 e. The Balaban J connectivity index is 1.39. The van der Waals surface area contributed by atoms with Gasteiger partial charge in [0.25, 0.3) is 5.91 Å². The van der Waals surface area contributed by atoms with Gasteiger partial charge in [0.05, 0.1) is 23.9 Å². The fourth-order valence-electron chi connectivity index (χ4n) is 3.12. The maximum atomic E-state index is 12.2. The van der Waals surface area contributed by atoms with Crippen molar-refractivity contribution in [3.05, 3.63) is 68.4 Å². The van der Waals surface area contributed by atoms with Gasteiger partial charge in [-0.1, -0.05) is 12.1 Å². The predicted molar refractivity (Wildman–Crippen MR) is 110 cm³/mol. The van der Waals surface area contributed by atoms with Crippen LogP contribution in [0.4, 0.5) is 5.13 Å². The highest BCUT2D eigenvalue weighted by molar-refractivity contribution is 7.16. The molecule has 0 bridgehead atoms. The first-order valence-electron chi connectivity index (χ1n) is 8.84. The zero-order valence-electron chi connectivity index (χ0n) is 15.3. The van der Waals surface area contributed by atoms with Gasteiger partial charge in [-0.15, -0.1) is 11.3 Å². The number of anilines is 1. The number of amides is 1. The molecule has 144 valence electrons. The summed E-state index contributed by atoms with van der Waals surface area (Å²) in [5, 5.41) is 7.27. The number of carbonyl (C=O) groups excluding carboxylic acids is 2. The van der Waals surface area contributed by atoms with Gasteiger partial charge in [-0.05, 0) is 29.1 Å². The van der Waals surface area contributed by atoms with Crippen LogP contribution < -0.4 is 5.32 Å². The van der Waals surface area contributed by atoms with E-state index in [-0.39, 0.29) is 11.9 Å². The number of thiophene rings is 1. The Hall–Kier alpha value is -2.55. The summed E-state index contributed by atoms with van der Waals surface area (Å²) >= 11 is 3.04. The second-order valence-electron chi connectivity index (χ2n) is 6.50. The van der Waals surface area contributed by atoms with E-state index in [1.807, 2.05) is 22.9 Å². The van der Waals surface area contributed by atoms with Crippen LogP contribution in [0.25, 0.3) is 0 Å². The number of methoxy groups -OCH3 is 1. The Labute approximate surface area is 170 Å². The first kappa shape index (κ1) is 18.8. The molecule has 1 aliphatic heterocycles. The molecule has 28 heavy (non-hydrogen) atoms. The molecule has 0 aliphatic carbocycles. The monoisotopic (exact) mass is 413 g/mol. The maximum Gasteiger partial charge on any atom is 0.337 e. The van der Waals surface area contributed by atoms with Crippen LogP contribution in [0.15, 0.2) is 41.1 Å². The highest BCUT2D eigenvalue weighted by atomic mass is 32.1. The molecular formula is C20H19N3O3S2. The largest absolute Gasteiger partial charge is 0.465 e. The van der Waals surface area contributed by atoms with E-state index < -0.39 is 0 Å². The van der Waals surface area contributed by atoms with Gasteiger partial charge >= 0.3 is 5.97 Å². The van der Waals surface area contributed by atoms with Crippen molar-refractivity contribution in [2.24, 2.45) is 0 Å². The molecular weight excluding hydrogens is 394 g/mol. The second-order valence-corrected chi connectivity index (χ2v) is 8.37. The van der Waals surface area contributed by atoms with Crippen LogP contribution in [0.5, 0.6) is 0 Å². The Morgan fingerprint density at radius 2 is 2.04 bits per heavy atom. The molecule has 2 aromatic heterocycles. The van der Waals surface area contributed by atoms with Crippen LogP contribution >= 0.6 is 22.7 Å². The third-order valence-electron chi connectivity index (χ3n) is 4.60. The molecule has 3 aromatic rings. The molecule has 0 spiro atoms. The first-order chi connectivity index (χ1) is 13.6. The number of nitrogens with zero attached hydrogens (tertiary/aromatic N) is 2. The highest BCUT2D eigenvalue weighted by Crippen LogP contribution is 2.29. The number of esters is 1. The molecule has 0 atom stereocenters. The van der Waals surface area contributed by atoms with Crippen LogP contribution in [-0.4, -0.2) is 35.4 Å². The fraction of sp³-hybridized carbons (Fsp3) is 0.250. The van der Waals surface area contributed by atoms with Crippen molar-refractivity contribution in [1.82, 2.24) is 9.88 Å². The summed E-state index contributed by atoms with van der Waals surface area (Å²) in [6.07, 6.45) is 0.862. The molecule has 3 heterocycles. The van der Waals surface area contributed by atoms with Crippen LogP contribution in [0.2, 0.25) is 0 Å². The van der Waals surface area contributed by atoms with Crippen LogP contribution in [0, 0.1) is 0 Å². The molecule has 0 unspecified atom stereocenters. The molecule has 0 radical (unpaired) electrons.